The van der Waals surface area contributed by atoms with Crippen LogP contribution in [0.25, 0.3) is 0 Å². The summed E-state index contributed by atoms with van der Waals surface area (Å²) in [5, 5.41) is 19.0. The van der Waals surface area contributed by atoms with Gasteiger partial charge in [-0.3, -0.25) is 0 Å². The average molecular weight is 208 g/mol. The van der Waals surface area contributed by atoms with Crippen LogP contribution in [-0.2, 0) is 0 Å². The Morgan fingerprint density at radius 2 is 1.87 bits per heavy atom. The fourth-order valence-electron chi connectivity index (χ4n) is 2.07. The van der Waals surface area contributed by atoms with Crippen molar-refractivity contribution in [2.45, 2.75) is 19.1 Å². The van der Waals surface area contributed by atoms with Crippen LogP contribution in [0.5, 0.6) is 0 Å². The van der Waals surface area contributed by atoms with E-state index < -0.39 is 12.2 Å². The van der Waals surface area contributed by atoms with E-state index in [0.717, 1.165) is 11.3 Å². The van der Waals surface area contributed by atoms with E-state index in [1.165, 1.54) is 0 Å². The topological polar surface area (TPSA) is 69.7 Å². The molecule has 1 aromatic rings. The van der Waals surface area contributed by atoms with Crippen molar-refractivity contribution in [1.82, 2.24) is 0 Å². The van der Waals surface area contributed by atoms with Crippen LogP contribution in [0.4, 0.5) is 11.4 Å². The Morgan fingerprint density at radius 3 is 2.40 bits per heavy atom. The number of aliphatic hydroxyl groups is 2. The fraction of sp³-hybridized carbons (Fsp3) is 0.455. The van der Waals surface area contributed by atoms with Gasteiger partial charge in [0, 0.05) is 13.1 Å². The third kappa shape index (κ3) is 1.78. The maximum atomic E-state index is 9.48. The molecule has 2 rings (SSSR count). The SMILES string of the molecule is Cc1cccc(N)c1N1CC(O)C(O)C1. The molecule has 0 amide bonds. The van der Waals surface area contributed by atoms with Crippen LogP contribution in [-0.4, -0.2) is 35.5 Å². The van der Waals surface area contributed by atoms with Crippen molar-refractivity contribution in [2.24, 2.45) is 0 Å². The Bertz CT molecular complexity index is 337. The monoisotopic (exact) mass is 208 g/mol. The lowest BCUT2D eigenvalue weighted by Crippen LogP contribution is -2.23. The van der Waals surface area contributed by atoms with Crippen LogP contribution < -0.4 is 10.6 Å². The number of nitrogen functional groups attached to an aromatic ring is 1. The zero-order chi connectivity index (χ0) is 11.0. The minimum absolute atomic E-state index is 0.441. The van der Waals surface area contributed by atoms with Crippen LogP contribution in [0.15, 0.2) is 18.2 Å². The van der Waals surface area contributed by atoms with Crippen LogP contribution in [0, 0.1) is 6.92 Å². The summed E-state index contributed by atoms with van der Waals surface area (Å²) in [6.45, 7) is 2.86. The molecule has 1 saturated heterocycles. The molecule has 0 bridgehead atoms. The van der Waals surface area contributed by atoms with Crippen molar-refractivity contribution in [3.8, 4) is 0 Å². The van der Waals surface area contributed by atoms with Crippen molar-refractivity contribution in [3.05, 3.63) is 23.8 Å². The van der Waals surface area contributed by atoms with Gasteiger partial charge in [-0.2, -0.15) is 0 Å². The molecular weight excluding hydrogens is 192 g/mol. The second-order valence-electron chi connectivity index (χ2n) is 4.05. The van der Waals surface area contributed by atoms with Gasteiger partial charge >= 0.3 is 0 Å². The maximum absolute atomic E-state index is 9.48. The second-order valence-corrected chi connectivity index (χ2v) is 4.05. The summed E-state index contributed by atoms with van der Waals surface area (Å²) in [6.07, 6.45) is -1.35. The summed E-state index contributed by atoms with van der Waals surface area (Å²) in [4.78, 5) is 1.93. The van der Waals surface area contributed by atoms with E-state index in [2.05, 4.69) is 0 Å². The molecule has 4 N–H and O–H groups in total. The molecule has 2 atom stereocenters. The number of anilines is 2. The summed E-state index contributed by atoms with van der Waals surface area (Å²) in [5.74, 6) is 0. The molecule has 4 heteroatoms. The highest BCUT2D eigenvalue weighted by Crippen LogP contribution is 2.30. The number of rotatable bonds is 1. The van der Waals surface area contributed by atoms with Gasteiger partial charge in [0.25, 0.3) is 0 Å². The second kappa shape index (κ2) is 3.72. The highest BCUT2D eigenvalue weighted by atomic mass is 16.3. The van der Waals surface area contributed by atoms with Gasteiger partial charge in [0.15, 0.2) is 0 Å². The Morgan fingerprint density at radius 1 is 1.27 bits per heavy atom. The summed E-state index contributed by atoms with van der Waals surface area (Å²) in [7, 11) is 0. The first kappa shape index (κ1) is 10.3. The smallest absolute Gasteiger partial charge is 0.0990 e. The molecule has 0 saturated carbocycles. The Balaban J connectivity index is 2.31. The number of aliphatic hydroxyl groups excluding tert-OH is 2. The van der Waals surface area contributed by atoms with E-state index in [0.29, 0.717) is 18.8 Å². The fourth-order valence-corrected chi connectivity index (χ4v) is 2.07. The van der Waals surface area contributed by atoms with E-state index in [-0.39, 0.29) is 0 Å². The van der Waals surface area contributed by atoms with Gasteiger partial charge in [0.2, 0.25) is 0 Å². The quantitative estimate of drug-likeness (QED) is 0.573. The first-order valence-corrected chi connectivity index (χ1v) is 5.05. The molecule has 0 radical (unpaired) electrons. The van der Waals surface area contributed by atoms with Gasteiger partial charge in [0.05, 0.1) is 23.6 Å². The number of hydrogen-bond acceptors (Lipinski definition) is 4. The summed E-state index contributed by atoms with van der Waals surface area (Å²) < 4.78 is 0. The summed E-state index contributed by atoms with van der Waals surface area (Å²) in [5.41, 5.74) is 8.57. The van der Waals surface area contributed by atoms with Crippen molar-refractivity contribution in [1.29, 1.82) is 0 Å². The number of benzene rings is 1. The highest BCUT2D eigenvalue weighted by molar-refractivity contribution is 5.71. The Kier molecular flexibility index (Phi) is 2.54. The molecule has 2 unspecified atom stereocenters. The summed E-state index contributed by atoms with van der Waals surface area (Å²) in [6, 6.07) is 5.71. The molecule has 4 nitrogen and oxygen atoms in total. The van der Waals surface area contributed by atoms with E-state index in [1.54, 1.807) is 0 Å². The number of β-amino-alcohol motifs (C(OH)–C–C–N with tert-alkyl or cyclic N) is 2. The van der Waals surface area contributed by atoms with Crippen molar-refractivity contribution < 1.29 is 10.2 Å². The van der Waals surface area contributed by atoms with Crippen LogP contribution in [0.2, 0.25) is 0 Å². The summed E-state index contributed by atoms with van der Waals surface area (Å²) >= 11 is 0. The molecule has 1 heterocycles. The highest BCUT2D eigenvalue weighted by Gasteiger charge is 2.30. The van der Waals surface area contributed by atoms with Crippen LogP contribution >= 0.6 is 0 Å². The predicted molar refractivity (Wildman–Crippen MR) is 59.8 cm³/mol. The third-order valence-electron chi connectivity index (χ3n) is 2.84. The largest absolute Gasteiger partial charge is 0.397 e. The van der Waals surface area contributed by atoms with Crippen molar-refractivity contribution in [2.75, 3.05) is 23.7 Å². The first-order valence-electron chi connectivity index (χ1n) is 5.05. The van der Waals surface area contributed by atoms with Crippen molar-refractivity contribution in [3.63, 3.8) is 0 Å². The van der Waals surface area contributed by atoms with Gasteiger partial charge < -0.3 is 20.8 Å². The van der Waals surface area contributed by atoms with E-state index in [1.807, 2.05) is 30.0 Å². The van der Waals surface area contributed by atoms with Gasteiger partial charge in [-0.05, 0) is 18.6 Å². The zero-order valence-electron chi connectivity index (χ0n) is 8.72. The maximum Gasteiger partial charge on any atom is 0.0990 e. The van der Waals surface area contributed by atoms with E-state index in [9.17, 15) is 10.2 Å². The lowest BCUT2D eigenvalue weighted by atomic mass is 10.1. The lowest BCUT2D eigenvalue weighted by molar-refractivity contribution is 0.0572. The minimum atomic E-state index is -0.677. The van der Waals surface area contributed by atoms with Crippen molar-refractivity contribution >= 4 is 11.4 Å². The lowest BCUT2D eigenvalue weighted by Gasteiger charge is -2.21. The van der Waals surface area contributed by atoms with Gasteiger partial charge in [-0.15, -0.1) is 0 Å². The van der Waals surface area contributed by atoms with E-state index >= 15 is 0 Å². The first-order chi connectivity index (χ1) is 7.09. The molecule has 82 valence electrons. The van der Waals surface area contributed by atoms with Gasteiger partial charge in [-0.25, -0.2) is 0 Å². The van der Waals surface area contributed by atoms with Crippen LogP contribution in [0.1, 0.15) is 5.56 Å². The predicted octanol–water partition coefficient (Wildman–Crippen LogP) is 0.119. The molecule has 0 spiro atoms. The Labute approximate surface area is 88.9 Å². The molecule has 1 aromatic carbocycles. The molecule has 1 fully saturated rings. The number of nitrogens with two attached hydrogens (primary N) is 1. The molecule has 15 heavy (non-hydrogen) atoms. The normalized spacial score (nSPS) is 25.9. The molecular formula is C11H16N2O2. The standard InChI is InChI=1S/C11H16N2O2/c1-7-3-2-4-8(12)11(7)13-5-9(14)10(15)6-13/h2-4,9-10,14-15H,5-6,12H2,1H3. The van der Waals surface area contributed by atoms with Crippen LogP contribution in [0.3, 0.4) is 0 Å². The molecule has 1 aliphatic rings. The van der Waals surface area contributed by atoms with E-state index in [4.69, 9.17) is 5.73 Å². The average Bonchev–Trinajstić information content (AvgIpc) is 2.46. The molecule has 0 aromatic heterocycles. The Hall–Kier alpha value is -1.26. The number of aryl methyl sites for hydroxylation is 1. The number of hydrogen-bond donors (Lipinski definition) is 3. The van der Waals surface area contributed by atoms with Gasteiger partial charge in [0.1, 0.15) is 0 Å². The third-order valence-corrected chi connectivity index (χ3v) is 2.84. The molecule has 1 aliphatic heterocycles. The minimum Gasteiger partial charge on any atom is -0.397 e. The number of nitrogens with zero attached hydrogens (tertiary/aromatic N) is 1. The zero-order valence-corrected chi connectivity index (χ0v) is 8.72. The number of para-hydroxylation sites is 1. The van der Waals surface area contributed by atoms with Gasteiger partial charge in [-0.1, -0.05) is 12.1 Å². The molecule has 0 aliphatic carbocycles.